The van der Waals surface area contributed by atoms with Crippen LogP contribution in [-0.4, -0.2) is 0 Å². The Morgan fingerprint density at radius 1 is 0.328 bits per heavy atom. The third-order valence-corrected chi connectivity index (χ3v) is 12.8. The molecule has 10 aromatic carbocycles. The van der Waals surface area contributed by atoms with E-state index in [4.69, 9.17) is 4.42 Å². The number of furan rings is 1. The van der Waals surface area contributed by atoms with Crippen LogP contribution in [-0.2, 0) is 5.41 Å². The van der Waals surface area contributed by atoms with E-state index in [1.54, 1.807) is 0 Å². The Morgan fingerprint density at radius 3 is 1.59 bits per heavy atom. The van der Waals surface area contributed by atoms with Crippen LogP contribution in [0.15, 0.2) is 199 Å². The van der Waals surface area contributed by atoms with Crippen molar-refractivity contribution >= 4 is 54.3 Å². The van der Waals surface area contributed by atoms with Crippen LogP contribution in [0.4, 0.5) is 0 Å². The molecule has 0 unspecified atom stereocenters. The maximum Gasteiger partial charge on any atom is 0.136 e. The zero-order chi connectivity index (χ0) is 38.5. The summed E-state index contributed by atoms with van der Waals surface area (Å²) >= 11 is 0. The maximum absolute atomic E-state index is 6.81. The van der Waals surface area contributed by atoms with Gasteiger partial charge in [-0.25, -0.2) is 0 Å². The fourth-order valence-corrected chi connectivity index (χ4v) is 10.3. The van der Waals surface area contributed by atoms with Gasteiger partial charge in [0.1, 0.15) is 11.2 Å². The van der Waals surface area contributed by atoms with E-state index in [-0.39, 0.29) is 5.41 Å². The lowest BCUT2D eigenvalue weighted by atomic mass is 9.80. The van der Waals surface area contributed by atoms with Gasteiger partial charge in [0.25, 0.3) is 0 Å². The minimum Gasteiger partial charge on any atom is -0.456 e. The summed E-state index contributed by atoms with van der Waals surface area (Å²) in [5, 5.41) is 9.91. The van der Waals surface area contributed by atoms with Crippen LogP contribution >= 0.6 is 0 Å². The normalized spacial score (nSPS) is 13.1. The Morgan fingerprint density at radius 2 is 0.879 bits per heavy atom. The van der Waals surface area contributed by atoms with Crippen LogP contribution in [0.3, 0.4) is 0 Å². The van der Waals surface area contributed by atoms with E-state index in [2.05, 4.69) is 208 Å². The van der Waals surface area contributed by atoms with Crippen molar-refractivity contribution in [3.05, 3.63) is 205 Å². The van der Waals surface area contributed by atoms with Crippen LogP contribution in [0.25, 0.3) is 110 Å². The fourth-order valence-electron chi connectivity index (χ4n) is 10.3. The molecular formula is C57H38O. The van der Waals surface area contributed by atoms with Crippen LogP contribution in [0.2, 0.25) is 0 Å². The second kappa shape index (κ2) is 12.4. The first-order chi connectivity index (χ1) is 28.5. The van der Waals surface area contributed by atoms with Gasteiger partial charge in [-0.1, -0.05) is 190 Å². The molecule has 58 heavy (non-hydrogen) atoms. The molecule has 0 amide bonds. The number of hydrogen-bond acceptors (Lipinski definition) is 1. The summed E-state index contributed by atoms with van der Waals surface area (Å²) in [4.78, 5) is 0. The summed E-state index contributed by atoms with van der Waals surface area (Å²) in [5.41, 5.74) is 16.9. The second-order valence-corrected chi connectivity index (χ2v) is 16.3. The Labute approximate surface area is 337 Å². The van der Waals surface area contributed by atoms with Gasteiger partial charge in [0, 0.05) is 16.2 Å². The van der Waals surface area contributed by atoms with E-state index < -0.39 is 0 Å². The van der Waals surface area contributed by atoms with Gasteiger partial charge >= 0.3 is 0 Å². The first-order valence-corrected chi connectivity index (χ1v) is 20.3. The van der Waals surface area contributed by atoms with Gasteiger partial charge in [0.05, 0.1) is 0 Å². The topological polar surface area (TPSA) is 13.1 Å². The molecule has 0 radical (unpaired) electrons. The van der Waals surface area contributed by atoms with Gasteiger partial charge in [-0.05, 0) is 117 Å². The molecule has 1 heteroatoms. The number of benzene rings is 10. The molecule has 1 heterocycles. The Balaban J connectivity index is 1.03. The first-order valence-electron chi connectivity index (χ1n) is 20.3. The number of fused-ring (bicyclic) bond motifs is 11. The van der Waals surface area contributed by atoms with Gasteiger partial charge in [-0.2, -0.15) is 0 Å². The standard InChI is InChI=1S/C57H38O/c1-57(2)49-26-13-12-20-41(49)47-31-32-50-55(56(47)57)54-42-21-7-6-19-40(42)48(34-51(54)58-50)36-27-29-37(30-28-36)52-43-22-8-10-24-45(43)53(46-25-11-9-23-44(46)52)39-18-14-17-38(33-39)35-15-4-3-5-16-35/h3-34H,1-2H3. The molecule has 1 aliphatic rings. The van der Waals surface area contributed by atoms with Crippen molar-refractivity contribution in [3.8, 4) is 55.6 Å². The van der Waals surface area contributed by atoms with E-state index in [9.17, 15) is 0 Å². The second-order valence-electron chi connectivity index (χ2n) is 16.3. The summed E-state index contributed by atoms with van der Waals surface area (Å²) in [6.45, 7) is 4.72. The van der Waals surface area contributed by atoms with Gasteiger partial charge in [0.15, 0.2) is 0 Å². The fraction of sp³-hybridized carbons (Fsp3) is 0.0526. The van der Waals surface area contributed by atoms with Crippen molar-refractivity contribution in [2.45, 2.75) is 19.3 Å². The maximum atomic E-state index is 6.81. The van der Waals surface area contributed by atoms with E-state index >= 15 is 0 Å². The summed E-state index contributed by atoms with van der Waals surface area (Å²) in [7, 11) is 0. The molecule has 0 fully saturated rings. The third-order valence-electron chi connectivity index (χ3n) is 12.8. The quantitative estimate of drug-likeness (QED) is 0.164. The smallest absolute Gasteiger partial charge is 0.136 e. The molecule has 12 rings (SSSR count). The minimum atomic E-state index is -0.142. The minimum absolute atomic E-state index is 0.142. The molecule has 1 aromatic heterocycles. The third kappa shape index (κ3) is 4.71. The average Bonchev–Trinajstić information content (AvgIpc) is 3.77. The van der Waals surface area contributed by atoms with Crippen molar-refractivity contribution in [1.82, 2.24) is 0 Å². The molecule has 272 valence electrons. The lowest BCUT2D eigenvalue weighted by Gasteiger charge is -2.22. The van der Waals surface area contributed by atoms with Crippen LogP contribution in [0.1, 0.15) is 25.0 Å². The molecule has 0 bridgehead atoms. The molecule has 1 aliphatic carbocycles. The van der Waals surface area contributed by atoms with Gasteiger partial charge in [-0.15, -0.1) is 0 Å². The molecule has 0 saturated heterocycles. The summed E-state index contributed by atoms with van der Waals surface area (Å²) in [5.74, 6) is 0. The van der Waals surface area contributed by atoms with Crippen molar-refractivity contribution in [3.63, 3.8) is 0 Å². The summed E-state index contributed by atoms with van der Waals surface area (Å²) in [6.07, 6.45) is 0. The van der Waals surface area contributed by atoms with E-state index in [1.165, 1.54) is 110 Å². The van der Waals surface area contributed by atoms with Gasteiger partial charge < -0.3 is 4.42 Å². The highest BCUT2D eigenvalue weighted by molar-refractivity contribution is 6.25. The van der Waals surface area contributed by atoms with Crippen LogP contribution < -0.4 is 0 Å². The van der Waals surface area contributed by atoms with Crippen molar-refractivity contribution in [1.29, 1.82) is 0 Å². The molecular weight excluding hydrogens is 701 g/mol. The largest absolute Gasteiger partial charge is 0.456 e. The van der Waals surface area contributed by atoms with Crippen molar-refractivity contribution in [2.24, 2.45) is 0 Å². The summed E-state index contributed by atoms with van der Waals surface area (Å²) < 4.78 is 6.81. The zero-order valence-corrected chi connectivity index (χ0v) is 32.4. The monoisotopic (exact) mass is 738 g/mol. The molecule has 0 N–H and O–H groups in total. The molecule has 0 atom stereocenters. The number of rotatable bonds is 4. The van der Waals surface area contributed by atoms with Gasteiger partial charge in [-0.3, -0.25) is 0 Å². The summed E-state index contributed by atoms with van der Waals surface area (Å²) in [6, 6.07) is 71.1. The lowest BCUT2D eigenvalue weighted by molar-refractivity contribution is 0.657. The van der Waals surface area contributed by atoms with Crippen LogP contribution in [0, 0.1) is 0 Å². The molecule has 0 spiro atoms. The van der Waals surface area contributed by atoms with Crippen molar-refractivity contribution < 1.29 is 4.42 Å². The lowest BCUT2D eigenvalue weighted by Crippen LogP contribution is -2.15. The average molecular weight is 739 g/mol. The Hall–Kier alpha value is -7.22. The van der Waals surface area contributed by atoms with Crippen LogP contribution in [0.5, 0.6) is 0 Å². The highest BCUT2D eigenvalue weighted by atomic mass is 16.3. The highest BCUT2D eigenvalue weighted by Gasteiger charge is 2.38. The highest BCUT2D eigenvalue weighted by Crippen LogP contribution is 2.54. The number of hydrogen-bond donors (Lipinski definition) is 0. The molecule has 1 nitrogen and oxygen atoms in total. The first kappa shape index (κ1) is 33.0. The SMILES string of the molecule is CC1(C)c2ccccc2-c2ccc3oc4cc(-c5ccc(-c6c7ccccc7c(-c7cccc(-c8ccccc8)c7)c7ccccc67)cc5)c5ccccc5c4c3c21. The molecule has 11 aromatic rings. The van der Waals surface area contributed by atoms with Crippen molar-refractivity contribution in [2.75, 3.05) is 0 Å². The van der Waals surface area contributed by atoms with E-state index in [0.717, 1.165) is 11.2 Å². The van der Waals surface area contributed by atoms with Gasteiger partial charge in [0.2, 0.25) is 0 Å². The van der Waals surface area contributed by atoms with E-state index in [0.29, 0.717) is 0 Å². The Bertz CT molecular complexity index is 3400. The molecule has 0 aliphatic heterocycles. The predicted octanol–water partition coefficient (Wildman–Crippen LogP) is 16.0. The zero-order valence-electron chi connectivity index (χ0n) is 32.4. The van der Waals surface area contributed by atoms with E-state index in [1.807, 2.05) is 0 Å². The molecule has 0 saturated carbocycles. The Kier molecular flexibility index (Phi) is 7.04. The predicted molar refractivity (Wildman–Crippen MR) is 246 cm³/mol.